The smallest absolute Gasteiger partial charge is 0.319 e. The standard InChI is InChI=1S/C18H15ClN4O4/c1-10-15(17(24)21-13-6-4-12(19)5-7-13)16(22-18(25)20-10)11-2-8-14(9-3-11)23(26)27/h2-9,16H,1H3,(H,21,24)(H2,20,22,25)/t16-/m1/s1. The van der Waals surface area contributed by atoms with E-state index < -0.39 is 22.9 Å². The van der Waals surface area contributed by atoms with Crippen LogP contribution in [0.2, 0.25) is 5.02 Å². The zero-order chi connectivity index (χ0) is 19.6. The van der Waals surface area contributed by atoms with Crippen LogP contribution in [0.3, 0.4) is 0 Å². The molecule has 2 aromatic rings. The molecule has 0 saturated heterocycles. The van der Waals surface area contributed by atoms with E-state index in [1.807, 2.05) is 0 Å². The van der Waals surface area contributed by atoms with Gasteiger partial charge >= 0.3 is 6.03 Å². The highest BCUT2D eigenvalue weighted by molar-refractivity contribution is 6.30. The lowest BCUT2D eigenvalue weighted by molar-refractivity contribution is -0.384. The van der Waals surface area contributed by atoms with Crippen LogP contribution in [-0.4, -0.2) is 16.9 Å². The van der Waals surface area contributed by atoms with E-state index in [2.05, 4.69) is 16.0 Å². The summed E-state index contributed by atoms with van der Waals surface area (Å²) in [6.07, 6.45) is 0. The maximum atomic E-state index is 12.8. The van der Waals surface area contributed by atoms with Crippen LogP contribution in [0.25, 0.3) is 0 Å². The number of halogens is 1. The molecule has 0 fully saturated rings. The molecule has 9 heteroatoms. The van der Waals surface area contributed by atoms with Gasteiger partial charge in [0.25, 0.3) is 11.6 Å². The number of hydrogen-bond acceptors (Lipinski definition) is 4. The third-order valence-corrected chi connectivity index (χ3v) is 4.31. The molecule has 27 heavy (non-hydrogen) atoms. The van der Waals surface area contributed by atoms with Crippen molar-refractivity contribution in [3.8, 4) is 0 Å². The monoisotopic (exact) mass is 386 g/mol. The Bertz CT molecular complexity index is 939. The molecule has 2 aromatic carbocycles. The lowest BCUT2D eigenvalue weighted by Crippen LogP contribution is -2.45. The minimum Gasteiger partial charge on any atom is -0.327 e. The minimum absolute atomic E-state index is 0.0770. The molecule has 0 aromatic heterocycles. The molecular formula is C18H15ClN4O4. The fraction of sp³-hybridized carbons (Fsp3) is 0.111. The van der Waals surface area contributed by atoms with Gasteiger partial charge in [-0.1, -0.05) is 11.6 Å². The van der Waals surface area contributed by atoms with Crippen molar-refractivity contribution >= 4 is 34.9 Å². The number of nitrogens with zero attached hydrogens (tertiary/aromatic N) is 1. The minimum atomic E-state index is -0.744. The van der Waals surface area contributed by atoms with Crippen molar-refractivity contribution < 1.29 is 14.5 Å². The van der Waals surface area contributed by atoms with Gasteiger partial charge in [-0.05, 0) is 48.9 Å². The number of amides is 3. The van der Waals surface area contributed by atoms with E-state index >= 15 is 0 Å². The third kappa shape index (κ3) is 4.06. The van der Waals surface area contributed by atoms with E-state index in [-0.39, 0.29) is 5.69 Å². The molecular weight excluding hydrogens is 372 g/mol. The molecule has 0 saturated carbocycles. The first-order chi connectivity index (χ1) is 12.8. The lowest BCUT2D eigenvalue weighted by atomic mass is 9.94. The number of allylic oxidation sites excluding steroid dienone is 1. The van der Waals surface area contributed by atoms with Crippen molar-refractivity contribution in [1.29, 1.82) is 0 Å². The molecule has 0 unspecified atom stereocenters. The summed E-state index contributed by atoms with van der Waals surface area (Å²) in [6, 6.07) is 11.1. The second-order valence-electron chi connectivity index (χ2n) is 5.88. The number of carbonyl (C=O) groups excluding carboxylic acids is 2. The molecule has 138 valence electrons. The van der Waals surface area contributed by atoms with Gasteiger partial charge < -0.3 is 16.0 Å². The number of nitrogens with one attached hydrogen (secondary N) is 3. The summed E-state index contributed by atoms with van der Waals surface area (Å²) in [5, 5.41) is 19.4. The van der Waals surface area contributed by atoms with Gasteiger partial charge in [-0.3, -0.25) is 14.9 Å². The summed E-state index contributed by atoms with van der Waals surface area (Å²) in [7, 11) is 0. The van der Waals surface area contributed by atoms with Crippen molar-refractivity contribution in [2.24, 2.45) is 0 Å². The SMILES string of the molecule is CC1=C(C(=O)Nc2ccc(Cl)cc2)[C@@H](c2ccc([N+](=O)[O-])cc2)NC(=O)N1. The Morgan fingerprint density at radius 3 is 2.37 bits per heavy atom. The number of rotatable bonds is 4. The van der Waals surface area contributed by atoms with Crippen LogP contribution in [0.5, 0.6) is 0 Å². The first kappa shape index (κ1) is 18.4. The predicted octanol–water partition coefficient (Wildman–Crippen LogP) is 3.51. The van der Waals surface area contributed by atoms with Gasteiger partial charge in [-0.2, -0.15) is 0 Å². The number of benzene rings is 2. The van der Waals surface area contributed by atoms with Crippen LogP contribution in [0.4, 0.5) is 16.2 Å². The van der Waals surface area contributed by atoms with E-state index in [0.29, 0.717) is 27.5 Å². The Kier molecular flexibility index (Phi) is 5.09. The van der Waals surface area contributed by atoms with Crippen LogP contribution >= 0.6 is 11.6 Å². The first-order valence-electron chi connectivity index (χ1n) is 7.94. The summed E-state index contributed by atoms with van der Waals surface area (Å²) in [4.78, 5) is 35.0. The van der Waals surface area contributed by atoms with E-state index in [4.69, 9.17) is 11.6 Å². The molecule has 3 N–H and O–H groups in total. The molecule has 3 amide bonds. The fourth-order valence-electron chi connectivity index (χ4n) is 2.77. The Balaban J connectivity index is 1.92. The van der Waals surface area contributed by atoms with Gasteiger partial charge in [0.1, 0.15) is 0 Å². The van der Waals surface area contributed by atoms with E-state index in [1.54, 1.807) is 31.2 Å². The molecule has 0 bridgehead atoms. The molecule has 0 spiro atoms. The van der Waals surface area contributed by atoms with Gasteiger partial charge in [-0.25, -0.2) is 4.79 Å². The highest BCUT2D eigenvalue weighted by Gasteiger charge is 2.31. The normalized spacial score (nSPS) is 16.4. The molecule has 8 nitrogen and oxygen atoms in total. The Morgan fingerprint density at radius 2 is 1.78 bits per heavy atom. The molecule has 0 radical (unpaired) electrons. The van der Waals surface area contributed by atoms with E-state index in [9.17, 15) is 19.7 Å². The van der Waals surface area contributed by atoms with Gasteiger partial charge in [0.15, 0.2) is 0 Å². The number of carbonyl (C=O) groups is 2. The Morgan fingerprint density at radius 1 is 1.15 bits per heavy atom. The predicted molar refractivity (Wildman–Crippen MR) is 100 cm³/mol. The summed E-state index contributed by atoms with van der Waals surface area (Å²) in [6.45, 7) is 1.62. The largest absolute Gasteiger partial charge is 0.327 e. The second-order valence-corrected chi connectivity index (χ2v) is 6.32. The van der Waals surface area contributed by atoms with E-state index in [1.165, 1.54) is 24.3 Å². The zero-order valence-corrected chi connectivity index (χ0v) is 14.9. The van der Waals surface area contributed by atoms with Gasteiger partial charge in [0.2, 0.25) is 0 Å². The molecule has 1 atom stereocenters. The topological polar surface area (TPSA) is 113 Å². The quantitative estimate of drug-likeness (QED) is 0.551. The van der Waals surface area contributed by atoms with Gasteiger partial charge in [0, 0.05) is 28.5 Å². The molecule has 1 aliphatic rings. The summed E-state index contributed by atoms with van der Waals surface area (Å²) >= 11 is 5.85. The highest BCUT2D eigenvalue weighted by Crippen LogP contribution is 2.29. The average Bonchev–Trinajstić information content (AvgIpc) is 2.63. The number of anilines is 1. The first-order valence-corrected chi connectivity index (χ1v) is 8.32. The Labute approximate surface area is 159 Å². The van der Waals surface area contributed by atoms with Crippen molar-refractivity contribution in [2.75, 3.05) is 5.32 Å². The van der Waals surface area contributed by atoms with Crippen LogP contribution in [0.1, 0.15) is 18.5 Å². The van der Waals surface area contributed by atoms with Crippen molar-refractivity contribution in [1.82, 2.24) is 10.6 Å². The third-order valence-electron chi connectivity index (χ3n) is 4.05. The lowest BCUT2D eigenvalue weighted by Gasteiger charge is -2.28. The van der Waals surface area contributed by atoms with Crippen LogP contribution in [0, 0.1) is 10.1 Å². The van der Waals surface area contributed by atoms with Gasteiger partial charge in [-0.15, -0.1) is 0 Å². The summed E-state index contributed by atoms with van der Waals surface area (Å²) in [5.74, 6) is -0.411. The fourth-order valence-corrected chi connectivity index (χ4v) is 2.89. The number of hydrogen-bond donors (Lipinski definition) is 3. The van der Waals surface area contributed by atoms with Crippen molar-refractivity contribution in [3.63, 3.8) is 0 Å². The van der Waals surface area contributed by atoms with E-state index in [0.717, 1.165) is 0 Å². The van der Waals surface area contributed by atoms with Crippen LogP contribution in [-0.2, 0) is 4.79 Å². The van der Waals surface area contributed by atoms with Crippen LogP contribution < -0.4 is 16.0 Å². The number of urea groups is 1. The summed E-state index contributed by atoms with van der Waals surface area (Å²) < 4.78 is 0. The van der Waals surface area contributed by atoms with Gasteiger partial charge in [0.05, 0.1) is 16.5 Å². The second kappa shape index (κ2) is 7.46. The van der Waals surface area contributed by atoms with Crippen molar-refractivity contribution in [3.05, 3.63) is 80.5 Å². The number of nitro benzene ring substituents is 1. The molecule has 1 heterocycles. The Hall–Kier alpha value is -3.39. The maximum Gasteiger partial charge on any atom is 0.319 e. The van der Waals surface area contributed by atoms with Crippen LogP contribution in [0.15, 0.2) is 59.8 Å². The average molecular weight is 387 g/mol. The summed E-state index contributed by atoms with van der Waals surface area (Å²) in [5.41, 5.74) is 1.72. The van der Waals surface area contributed by atoms with Crippen molar-refractivity contribution in [2.45, 2.75) is 13.0 Å². The number of non-ortho nitro benzene ring substituents is 1. The molecule has 3 rings (SSSR count). The maximum absolute atomic E-state index is 12.8. The number of nitro groups is 1. The highest BCUT2D eigenvalue weighted by atomic mass is 35.5. The zero-order valence-electron chi connectivity index (χ0n) is 14.2. The molecule has 0 aliphatic carbocycles. The molecule has 1 aliphatic heterocycles.